The van der Waals surface area contributed by atoms with Crippen LogP contribution in [0.2, 0.25) is 5.02 Å². The first-order chi connectivity index (χ1) is 7.67. The zero-order valence-electron chi connectivity index (χ0n) is 9.89. The minimum Gasteiger partial charge on any atom is -0.317 e. The van der Waals surface area contributed by atoms with Gasteiger partial charge in [-0.2, -0.15) is 0 Å². The molecule has 90 valence electrons. The van der Waals surface area contributed by atoms with E-state index in [2.05, 4.69) is 47.2 Å². The second kappa shape index (κ2) is 7.31. The van der Waals surface area contributed by atoms with Crippen molar-refractivity contribution in [2.75, 3.05) is 13.1 Å². The molecule has 0 radical (unpaired) electrons. The monoisotopic (exact) mass is 303 g/mol. The summed E-state index contributed by atoms with van der Waals surface area (Å²) >= 11 is 9.64. The standard InChI is InChI=1S/C13H19BrClN/c1-3-10(9-16-4-2)7-11-5-6-12(14)8-13(11)15/h5-6,8,10,16H,3-4,7,9H2,1-2H3. The minimum absolute atomic E-state index is 0.665. The van der Waals surface area contributed by atoms with E-state index in [1.54, 1.807) is 0 Å². The molecule has 0 heterocycles. The number of hydrogen-bond donors (Lipinski definition) is 1. The van der Waals surface area contributed by atoms with Gasteiger partial charge in [-0.25, -0.2) is 0 Å². The maximum Gasteiger partial charge on any atom is 0.0449 e. The maximum absolute atomic E-state index is 6.21. The lowest BCUT2D eigenvalue weighted by molar-refractivity contribution is 0.467. The van der Waals surface area contributed by atoms with Crippen LogP contribution in [0.15, 0.2) is 22.7 Å². The molecule has 0 aliphatic carbocycles. The quantitative estimate of drug-likeness (QED) is 0.827. The Hall–Kier alpha value is -0.0500. The van der Waals surface area contributed by atoms with Crippen LogP contribution in [0.1, 0.15) is 25.8 Å². The fourth-order valence-corrected chi connectivity index (χ4v) is 2.46. The summed E-state index contributed by atoms with van der Waals surface area (Å²) in [6.07, 6.45) is 2.23. The first-order valence-electron chi connectivity index (χ1n) is 5.82. The van der Waals surface area contributed by atoms with E-state index >= 15 is 0 Å². The molecule has 16 heavy (non-hydrogen) atoms. The van der Waals surface area contributed by atoms with Crippen molar-refractivity contribution in [2.24, 2.45) is 5.92 Å². The predicted octanol–water partition coefficient (Wildman–Crippen LogP) is 4.28. The Morgan fingerprint density at radius 1 is 1.38 bits per heavy atom. The van der Waals surface area contributed by atoms with E-state index in [1.165, 1.54) is 12.0 Å². The molecule has 0 saturated carbocycles. The number of halogens is 2. The summed E-state index contributed by atoms with van der Waals surface area (Å²) in [5.41, 5.74) is 1.25. The summed E-state index contributed by atoms with van der Waals surface area (Å²) in [6, 6.07) is 6.14. The highest BCUT2D eigenvalue weighted by molar-refractivity contribution is 9.10. The molecule has 0 bridgehead atoms. The minimum atomic E-state index is 0.665. The van der Waals surface area contributed by atoms with E-state index in [-0.39, 0.29) is 0 Å². The molecule has 1 aromatic rings. The van der Waals surface area contributed by atoms with E-state index in [1.807, 2.05) is 6.07 Å². The van der Waals surface area contributed by atoms with Gasteiger partial charge >= 0.3 is 0 Å². The maximum atomic E-state index is 6.21. The van der Waals surface area contributed by atoms with E-state index < -0.39 is 0 Å². The van der Waals surface area contributed by atoms with Crippen LogP contribution in [-0.4, -0.2) is 13.1 Å². The topological polar surface area (TPSA) is 12.0 Å². The smallest absolute Gasteiger partial charge is 0.0449 e. The Kier molecular flexibility index (Phi) is 6.40. The lowest BCUT2D eigenvalue weighted by Crippen LogP contribution is -2.23. The largest absolute Gasteiger partial charge is 0.317 e. The summed E-state index contributed by atoms with van der Waals surface area (Å²) in [6.45, 7) is 6.47. The Morgan fingerprint density at radius 2 is 2.12 bits per heavy atom. The van der Waals surface area contributed by atoms with Gasteiger partial charge in [0.1, 0.15) is 0 Å². The molecule has 1 aromatic carbocycles. The normalized spacial score (nSPS) is 12.8. The van der Waals surface area contributed by atoms with E-state index in [4.69, 9.17) is 11.6 Å². The molecule has 0 spiro atoms. The molecule has 3 heteroatoms. The SMILES string of the molecule is CCNCC(CC)Cc1ccc(Br)cc1Cl. The van der Waals surface area contributed by atoms with Gasteiger partial charge in [-0.1, -0.05) is 53.9 Å². The van der Waals surface area contributed by atoms with Crippen LogP contribution >= 0.6 is 27.5 Å². The molecular weight excluding hydrogens is 286 g/mol. The van der Waals surface area contributed by atoms with Crippen molar-refractivity contribution in [2.45, 2.75) is 26.7 Å². The van der Waals surface area contributed by atoms with Crippen molar-refractivity contribution in [3.63, 3.8) is 0 Å². The van der Waals surface area contributed by atoms with Crippen molar-refractivity contribution in [1.82, 2.24) is 5.32 Å². The number of rotatable bonds is 6. The van der Waals surface area contributed by atoms with Crippen LogP contribution in [0, 0.1) is 5.92 Å². The van der Waals surface area contributed by atoms with Gasteiger partial charge in [0.15, 0.2) is 0 Å². The fraction of sp³-hybridized carbons (Fsp3) is 0.538. The van der Waals surface area contributed by atoms with Crippen LogP contribution < -0.4 is 5.32 Å². The highest BCUT2D eigenvalue weighted by atomic mass is 79.9. The van der Waals surface area contributed by atoms with Gasteiger partial charge in [-0.3, -0.25) is 0 Å². The summed E-state index contributed by atoms with van der Waals surface area (Å²) in [5.74, 6) is 0.665. The van der Waals surface area contributed by atoms with Crippen molar-refractivity contribution >= 4 is 27.5 Å². The van der Waals surface area contributed by atoms with Crippen LogP contribution in [-0.2, 0) is 6.42 Å². The van der Waals surface area contributed by atoms with E-state index in [0.29, 0.717) is 5.92 Å². The third-order valence-electron chi connectivity index (χ3n) is 2.78. The molecule has 0 aromatic heterocycles. The van der Waals surface area contributed by atoms with Gasteiger partial charge in [0.05, 0.1) is 0 Å². The molecule has 0 aliphatic rings. The van der Waals surface area contributed by atoms with Gasteiger partial charge < -0.3 is 5.32 Å². The summed E-state index contributed by atoms with van der Waals surface area (Å²) in [7, 11) is 0. The Morgan fingerprint density at radius 3 is 2.69 bits per heavy atom. The van der Waals surface area contributed by atoms with Gasteiger partial charge in [0.25, 0.3) is 0 Å². The Labute approximate surface area is 112 Å². The van der Waals surface area contributed by atoms with Crippen LogP contribution in [0.4, 0.5) is 0 Å². The number of hydrogen-bond acceptors (Lipinski definition) is 1. The molecular formula is C13H19BrClN. The second-order valence-corrected chi connectivity index (χ2v) is 5.34. The second-order valence-electron chi connectivity index (χ2n) is 4.02. The molecule has 1 nitrogen and oxygen atoms in total. The molecule has 0 fully saturated rings. The fourth-order valence-electron chi connectivity index (χ4n) is 1.71. The first kappa shape index (κ1) is 14.0. The Bertz CT molecular complexity index is 328. The summed E-state index contributed by atoms with van der Waals surface area (Å²) in [5, 5.41) is 4.26. The molecule has 1 unspecified atom stereocenters. The van der Waals surface area contributed by atoms with E-state index in [9.17, 15) is 0 Å². The van der Waals surface area contributed by atoms with Crippen LogP contribution in [0.3, 0.4) is 0 Å². The highest BCUT2D eigenvalue weighted by Gasteiger charge is 2.09. The number of benzene rings is 1. The molecule has 1 N–H and O–H groups in total. The zero-order chi connectivity index (χ0) is 12.0. The summed E-state index contributed by atoms with van der Waals surface area (Å²) < 4.78 is 1.04. The zero-order valence-corrected chi connectivity index (χ0v) is 12.2. The van der Waals surface area contributed by atoms with Crippen molar-refractivity contribution < 1.29 is 0 Å². The third kappa shape index (κ3) is 4.44. The van der Waals surface area contributed by atoms with E-state index in [0.717, 1.165) is 29.0 Å². The van der Waals surface area contributed by atoms with Gasteiger partial charge in [0, 0.05) is 9.50 Å². The molecule has 0 aliphatic heterocycles. The molecule has 1 rings (SSSR count). The average Bonchev–Trinajstić information content (AvgIpc) is 2.27. The number of nitrogens with one attached hydrogen (secondary N) is 1. The lowest BCUT2D eigenvalue weighted by Gasteiger charge is -2.16. The van der Waals surface area contributed by atoms with Gasteiger partial charge in [-0.05, 0) is 43.1 Å². The first-order valence-corrected chi connectivity index (χ1v) is 6.99. The van der Waals surface area contributed by atoms with Crippen LogP contribution in [0.25, 0.3) is 0 Å². The van der Waals surface area contributed by atoms with Gasteiger partial charge in [0.2, 0.25) is 0 Å². The van der Waals surface area contributed by atoms with Crippen molar-refractivity contribution in [3.05, 3.63) is 33.3 Å². The third-order valence-corrected chi connectivity index (χ3v) is 3.63. The molecule has 1 atom stereocenters. The van der Waals surface area contributed by atoms with Crippen molar-refractivity contribution in [1.29, 1.82) is 0 Å². The Balaban J connectivity index is 2.62. The lowest BCUT2D eigenvalue weighted by atomic mass is 9.97. The highest BCUT2D eigenvalue weighted by Crippen LogP contribution is 2.24. The average molecular weight is 305 g/mol. The molecule has 0 saturated heterocycles. The van der Waals surface area contributed by atoms with Gasteiger partial charge in [-0.15, -0.1) is 0 Å². The van der Waals surface area contributed by atoms with Crippen molar-refractivity contribution in [3.8, 4) is 0 Å². The van der Waals surface area contributed by atoms with Crippen LogP contribution in [0.5, 0.6) is 0 Å². The summed E-state index contributed by atoms with van der Waals surface area (Å²) in [4.78, 5) is 0. The molecule has 0 amide bonds. The predicted molar refractivity (Wildman–Crippen MR) is 75.2 cm³/mol.